The second kappa shape index (κ2) is 5.85. The molecule has 4 nitrogen and oxygen atoms in total. The summed E-state index contributed by atoms with van der Waals surface area (Å²) in [4.78, 5) is 15.4. The monoisotopic (exact) mass is 291 g/mol. The van der Waals surface area contributed by atoms with E-state index in [9.17, 15) is 18.0 Å². The van der Waals surface area contributed by atoms with Gasteiger partial charge in [-0.05, 0) is 19.8 Å². The number of aromatic nitrogens is 1. The average molecular weight is 291 g/mol. The third-order valence-corrected chi connectivity index (χ3v) is 3.59. The van der Waals surface area contributed by atoms with E-state index in [2.05, 4.69) is 4.98 Å². The molecule has 0 saturated heterocycles. The topological polar surface area (TPSA) is 52.3 Å². The number of halogens is 3. The molecule has 1 aromatic heterocycles. The highest BCUT2D eigenvalue weighted by atomic mass is 19.4. The number of alkyl halides is 3. The van der Waals surface area contributed by atoms with Crippen molar-refractivity contribution in [3.05, 3.63) is 17.8 Å². The Kier molecular flexibility index (Phi) is 4.35. The van der Waals surface area contributed by atoms with E-state index >= 15 is 0 Å². The Morgan fingerprint density at radius 3 is 2.80 bits per heavy atom. The summed E-state index contributed by atoms with van der Waals surface area (Å²) in [5.41, 5.74) is -0.131. The first-order valence-corrected chi connectivity index (χ1v) is 6.62. The number of hydrogen-bond acceptors (Lipinski definition) is 4. The number of hydrogen-bond donors (Lipinski definition) is 0. The summed E-state index contributed by atoms with van der Waals surface area (Å²) in [6.45, 7) is 1.76. The Balaban J connectivity index is 2.29. The molecule has 1 saturated carbocycles. The van der Waals surface area contributed by atoms with Crippen LogP contribution in [0.3, 0.4) is 0 Å². The molecular formula is C13H16F3NO3. The van der Waals surface area contributed by atoms with E-state index in [0.29, 0.717) is 19.3 Å². The molecule has 0 amide bonds. The number of carbonyl (C=O) groups excluding carboxylic acids is 1. The van der Waals surface area contributed by atoms with E-state index in [1.165, 1.54) is 0 Å². The van der Waals surface area contributed by atoms with Crippen LogP contribution >= 0.6 is 0 Å². The molecule has 0 radical (unpaired) electrons. The SMILES string of the molecule is CCOC(=O)c1ncoc1C1CCCCC1C(F)(F)F. The van der Waals surface area contributed by atoms with Crippen molar-refractivity contribution in [3.8, 4) is 0 Å². The predicted octanol–water partition coefficient (Wildman–Crippen LogP) is 3.69. The highest BCUT2D eigenvalue weighted by molar-refractivity contribution is 5.88. The molecule has 1 aromatic rings. The summed E-state index contributed by atoms with van der Waals surface area (Å²) in [6.07, 6.45) is -1.69. The average Bonchev–Trinajstić information content (AvgIpc) is 2.87. The van der Waals surface area contributed by atoms with Crippen molar-refractivity contribution in [2.75, 3.05) is 6.61 Å². The highest BCUT2D eigenvalue weighted by Crippen LogP contribution is 2.47. The first kappa shape index (κ1) is 14.9. The summed E-state index contributed by atoms with van der Waals surface area (Å²) < 4.78 is 49.1. The minimum atomic E-state index is -4.30. The van der Waals surface area contributed by atoms with Gasteiger partial charge in [-0.1, -0.05) is 12.8 Å². The summed E-state index contributed by atoms with van der Waals surface area (Å²) in [6, 6.07) is 0. The molecule has 0 N–H and O–H groups in total. The van der Waals surface area contributed by atoms with E-state index in [0.717, 1.165) is 6.39 Å². The lowest BCUT2D eigenvalue weighted by atomic mass is 9.77. The Morgan fingerprint density at radius 1 is 1.45 bits per heavy atom. The zero-order valence-corrected chi connectivity index (χ0v) is 11.1. The van der Waals surface area contributed by atoms with Crippen molar-refractivity contribution >= 4 is 5.97 Å². The number of esters is 1. The summed E-state index contributed by atoms with van der Waals surface area (Å²) in [7, 11) is 0. The molecule has 2 unspecified atom stereocenters. The molecular weight excluding hydrogens is 275 g/mol. The van der Waals surface area contributed by atoms with E-state index < -0.39 is 24.0 Å². The third-order valence-electron chi connectivity index (χ3n) is 3.59. The van der Waals surface area contributed by atoms with Gasteiger partial charge in [-0.2, -0.15) is 13.2 Å². The largest absolute Gasteiger partial charge is 0.461 e. The smallest absolute Gasteiger partial charge is 0.392 e. The standard InChI is InChI=1S/C13H16F3NO3/c1-2-19-12(18)10-11(20-7-17-10)8-5-3-4-6-9(8)13(14,15)16/h7-9H,2-6H2,1H3. The fraction of sp³-hybridized carbons (Fsp3) is 0.692. The minimum absolute atomic E-state index is 0.00507. The van der Waals surface area contributed by atoms with Gasteiger partial charge in [0.15, 0.2) is 12.1 Å². The number of nitrogens with zero attached hydrogens (tertiary/aromatic N) is 1. The van der Waals surface area contributed by atoms with Crippen LogP contribution in [0.5, 0.6) is 0 Å². The van der Waals surface area contributed by atoms with Crippen LogP contribution in [0.1, 0.15) is 54.8 Å². The number of ether oxygens (including phenoxy) is 1. The van der Waals surface area contributed by atoms with Crippen molar-refractivity contribution in [3.63, 3.8) is 0 Å². The maximum atomic E-state index is 13.1. The van der Waals surface area contributed by atoms with Crippen LogP contribution in [0.25, 0.3) is 0 Å². The molecule has 1 aliphatic carbocycles. The van der Waals surface area contributed by atoms with Crippen LogP contribution in [0.2, 0.25) is 0 Å². The molecule has 2 atom stereocenters. The zero-order chi connectivity index (χ0) is 14.8. The second-order valence-electron chi connectivity index (χ2n) is 4.82. The molecule has 112 valence electrons. The van der Waals surface area contributed by atoms with Crippen LogP contribution in [-0.2, 0) is 4.74 Å². The quantitative estimate of drug-likeness (QED) is 0.797. The maximum Gasteiger partial charge on any atom is 0.392 e. The Hall–Kier alpha value is -1.53. The Labute approximate surface area is 114 Å². The Morgan fingerprint density at radius 2 is 2.15 bits per heavy atom. The fourth-order valence-corrected chi connectivity index (χ4v) is 2.71. The van der Waals surface area contributed by atoms with Crippen LogP contribution in [-0.4, -0.2) is 23.7 Å². The molecule has 7 heteroatoms. The molecule has 0 spiro atoms. The van der Waals surface area contributed by atoms with E-state index in [1.54, 1.807) is 6.92 Å². The van der Waals surface area contributed by atoms with Crippen LogP contribution in [0, 0.1) is 5.92 Å². The molecule has 0 aromatic carbocycles. The van der Waals surface area contributed by atoms with Crippen LogP contribution in [0.4, 0.5) is 13.2 Å². The van der Waals surface area contributed by atoms with Gasteiger partial charge in [-0.3, -0.25) is 0 Å². The van der Waals surface area contributed by atoms with Gasteiger partial charge in [-0.25, -0.2) is 9.78 Å². The Bertz CT molecular complexity index is 470. The molecule has 0 aliphatic heterocycles. The molecule has 20 heavy (non-hydrogen) atoms. The van der Waals surface area contributed by atoms with E-state index in [-0.39, 0.29) is 24.5 Å². The second-order valence-corrected chi connectivity index (χ2v) is 4.82. The molecule has 1 heterocycles. The van der Waals surface area contributed by atoms with Gasteiger partial charge in [0.2, 0.25) is 0 Å². The minimum Gasteiger partial charge on any atom is -0.461 e. The lowest BCUT2D eigenvalue weighted by Crippen LogP contribution is -2.32. The van der Waals surface area contributed by atoms with Gasteiger partial charge in [0.1, 0.15) is 5.76 Å². The van der Waals surface area contributed by atoms with Crippen molar-refractivity contribution in [1.82, 2.24) is 4.98 Å². The number of rotatable bonds is 3. The predicted molar refractivity (Wildman–Crippen MR) is 63.2 cm³/mol. The first-order valence-electron chi connectivity index (χ1n) is 6.62. The highest BCUT2D eigenvalue weighted by Gasteiger charge is 2.48. The van der Waals surface area contributed by atoms with Crippen LogP contribution in [0.15, 0.2) is 10.8 Å². The van der Waals surface area contributed by atoms with Crippen molar-refractivity contribution < 1.29 is 27.1 Å². The summed E-state index contributed by atoms with van der Waals surface area (Å²) in [5.74, 6) is -3.07. The molecule has 1 fully saturated rings. The van der Waals surface area contributed by atoms with Gasteiger partial charge in [-0.15, -0.1) is 0 Å². The lowest BCUT2D eigenvalue weighted by molar-refractivity contribution is -0.188. The number of oxazole rings is 1. The summed E-state index contributed by atoms with van der Waals surface area (Å²) in [5, 5.41) is 0. The summed E-state index contributed by atoms with van der Waals surface area (Å²) >= 11 is 0. The van der Waals surface area contributed by atoms with Gasteiger partial charge in [0, 0.05) is 5.92 Å². The van der Waals surface area contributed by atoms with Gasteiger partial charge >= 0.3 is 12.1 Å². The van der Waals surface area contributed by atoms with E-state index in [4.69, 9.17) is 9.15 Å². The molecule has 1 aliphatic rings. The third kappa shape index (κ3) is 2.96. The molecule has 0 bridgehead atoms. The lowest BCUT2D eigenvalue weighted by Gasteiger charge is -2.31. The molecule has 2 rings (SSSR count). The van der Waals surface area contributed by atoms with Gasteiger partial charge in [0.25, 0.3) is 0 Å². The number of carbonyl (C=O) groups is 1. The normalized spacial score (nSPS) is 23.6. The first-order chi connectivity index (χ1) is 9.45. The van der Waals surface area contributed by atoms with Crippen molar-refractivity contribution in [2.45, 2.75) is 44.7 Å². The van der Waals surface area contributed by atoms with E-state index in [1.807, 2.05) is 0 Å². The maximum absolute atomic E-state index is 13.1. The van der Waals surface area contributed by atoms with Crippen molar-refractivity contribution in [2.24, 2.45) is 5.92 Å². The fourth-order valence-electron chi connectivity index (χ4n) is 2.71. The van der Waals surface area contributed by atoms with Crippen molar-refractivity contribution in [1.29, 1.82) is 0 Å². The van der Waals surface area contributed by atoms with Gasteiger partial charge < -0.3 is 9.15 Å². The zero-order valence-electron chi connectivity index (χ0n) is 11.1. The van der Waals surface area contributed by atoms with Crippen LogP contribution < -0.4 is 0 Å². The van der Waals surface area contributed by atoms with Gasteiger partial charge in [0.05, 0.1) is 12.5 Å².